The second-order valence-corrected chi connectivity index (χ2v) is 5.58. The first-order valence-electron chi connectivity index (χ1n) is 1.94. The summed E-state index contributed by atoms with van der Waals surface area (Å²) in [6, 6.07) is 1.01. The zero-order chi connectivity index (χ0) is 4.99. The van der Waals surface area contributed by atoms with Gasteiger partial charge >= 0.3 is 0 Å². The van der Waals surface area contributed by atoms with Crippen molar-refractivity contribution in [2.45, 2.75) is 19.4 Å². The first-order chi connectivity index (χ1) is 2.77. The predicted octanol–water partition coefficient (Wildman–Crippen LogP) is 2.36. The molecule has 0 nitrogen and oxygen atoms in total. The summed E-state index contributed by atoms with van der Waals surface area (Å²) in [5, 5.41) is 0. The first kappa shape index (κ1) is 6.80. The SMILES string of the molecule is CCC[Si](Cl)Cl. The lowest BCUT2D eigenvalue weighted by Gasteiger charge is -1.86. The molecule has 37 valence electrons. The Kier molecular flexibility index (Phi) is 4.50. The lowest BCUT2D eigenvalue weighted by molar-refractivity contribution is 1.08. The Morgan fingerprint density at radius 2 is 2.00 bits per heavy atom. The second-order valence-electron chi connectivity index (χ2n) is 1.09. The van der Waals surface area contributed by atoms with E-state index < -0.39 is 7.42 Å². The normalized spacial score (nSPS) is 10.0. The van der Waals surface area contributed by atoms with E-state index in [0.29, 0.717) is 0 Å². The Bertz CT molecular complexity index is 30.0. The Morgan fingerprint density at radius 1 is 1.50 bits per heavy atom. The van der Waals surface area contributed by atoms with Crippen LogP contribution in [0, 0.1) is 0 Å². The molecule has 0 heterocycles. The van der Waals surface area contributed by atoms with Crippen molar-refractivity contribution in [1.82, 2.24) is 0 Å². The van der Waals surface area contributed by atoms with Gasteiger partial charge in [-0.1, -0.05) is 13.3 Å². The van der Waals surface area contributed by atoms with Crippen molar-refractivity contribution in [2.75, 3.05) is 0 Å². The maximum atomic E-state index is 5.45. The van der Waals surface area contributed by atoms with Crippen LogP contribution in [-0.2, 0) is 0 Å². The molecule has 0 rings (SSSR count). The molecule has 0 atom stereocenters. The summed E-state index contributed by atoms with van der Waals surface area (Å²) in [5.74, 6) is 0. The van der Waals surface area contributed by atoms with Gasteiger partial charge < -0.3 is 0 Å². The van der Waals surface area contributed by atoms with Crippen LogP contribution < -0.4 is 0 Å². The molecular weight excluding hydrogens is 135 g/mol. The lowest BCUT2D eigenvalue weighted by atomic mass is 10.6. The van der Waals surface area contributed by atoms with Crippen LogP contribution in [0.2, 0.25) is 6.04 Å². The monoisotopic (exact) mass is 141 g/mol. The van der Waals surface area contributed by atoms with Gasteiger partial charge in [0.15, 0.2) is 0 Å². The van der Waals surface area contributed by atoms with E-state index in [1.807, 2.05) is 0 Å². The largest absolute Gasteiger partial charge is 0.273 e. The van der Waals surface area contributed by atoms with Gasteiger partial charge in [-0.15, -0.1) is 22.2 Å². The summed E-state index contributed by atoms with van der Waals surface area (Å²) < 4.78 is 0. The van der Waals surface area contributed by atoms with Gasteiger partial charge in [0.25, 0.3) is 7.42 Å². The molecule has 0 bridgehead atoms. The fraction of sp³-hybridized carbons (Fsp3) is 1.00. The summed E-state index contributed by atoms with van der Waals surface area (Å²) in [6.45, 7) is 2.08. The Labute approximate surface area is 49.5 Å². The van der Waals surface area contributed by atoms with E-state index in [-0.39, 0.29) is 0 Å². The quantitative estimate of drug-likeness (QED) is 0.410. The third kappa shape index (κ3) is 4.80. The van der Waals surface area contributed by atoms with Gasteiger partial charge in [0, 0.05) is 0 Å². The highest BCUT2D eigenvalue weighted by Gasteiger charge is 1.97. The fourth-order valence-corrected chi connectivity index (χ4v) is 1.70. The summed E-state index contributed by atoms with van der Waals surface area (Å²) >= 11 is 10.9. The minimum Gasteiger partial charge on any atom is -0.147 e. The van der Waals surface area contributed by atoms with Crippen LogP contribution in [-0.4, -0.2) is 7.42 Å². The first-order valence-corrected chi connectivity index (χ1v) is 5.67. The maximum Gasteiger partial charge on any atom is 0.273 e. The number of hydrogen-bond acceptors (Lipinski definition) is 0. The van der Waals surface area contributed by atoms with Gasteiger partial charge in [0.1, 0.15) is 0 Å². The molecule has 0 spiro atoms. The van der Waals surface area contributed by atoms with E-state index in [9.17, 15) is 0 Å². The van der Waals surface area contributed by atoms with Crippen LogP contribution in [0.3, 0.4) is 0 Å². The van der Waals surface area contributed by atoms with E-state index in [1.54, 1.807) is 0 Å². The highest BCUT2D eigenvalue weighted by atomic mass is 35.7. The van der Waals surface area contributed by atoms with E-state index in [1.165, 1.54) is 0 Å². The van der Waals surface area contributed by atoms with E-state index >= 15 is 0 Å². The molecule has 0 aliphatic carbocycles. The van der Waals surface area contributed by atoms with Crippen LogP contribution in [0.4, 0.5) is 0 Å². The molecule has 0 aromatic heterocycles. The molecule has 0 aromatic rings. The van der Waals surface area contributed by atoms with E-state index in [4.69, 9.17) is 22.2 Å². The molecule has 0 aliphatic heterocycles. The van der Waals surface area contributed by atoms with Gasteiger partial charge in [-0.3, -0.25) is 0 Å². The number of rotatable bonds is 2. The highest BCUT2D eigenvalue weighted by molar-refractivity contribution is 7.33. The Balaban J connectivity index is 2.63. The molecule has 0 aliphatic rings. The smallest absolute Gasteiger partial charge is 0.147 e. The summed E-state index contributed by atoms with van der Waals surface area (Å²) in [4.78, 5) is 0. The fourth-order valence-electron chi connectivity index (χ4n) is 0.189. The molecule has 0 amide bonds. The van der Waals surface area contributed by atoms with Crippen LogP contribution in [0.25, 0.3) is 0 Å². The Morgan fingerprint density at radius 3 is 2.00 bits per heavy atom. The molecule has 0 saturated carbocycles. The Hall–Kier alpha value is 0.797. The van der Waals surface area contributed by atoms with E-state index in [0.717, 1.165) is 12.5 Å². The summed E-state index contributed by atoms with van der Waals surface area (Å²) in [5.41, 5.74) is 0. The lowest BCUT2D eigenvalue weighted by Crippen LogP contribution is -1.87. The average molecular weight is 142 g/mol. The minimum absolute atomic E-state index is 0.941. The third-order valence-electron chi connectivity index (χ3n) is 0.439. The zero-order valence-electron chi connectivity index (χ0n) is 3.67. The molecule has 6 heavy (non-hydrogen) atoms. The van der Waals surface area contributed by atoms with Crippen molar-refractivity contribution in [1.29, 1.82) is 0 Å². The number of halogens is 2. The minimum atomic E-state index is -0.941. The van der Waals surface area contributed by atoms with Crippen LogP contribution in [0.1, 0.15) is 13.3 Å². The van der Waals surface area contributed by atoms with Crippen molar-refractivity contribution in [3.63, 3.8) is 0 Å². The number of hydrogen-bond donors (Lipinski definition) is 0. The average Bonchev–Trinajstić information content (AvgIpc) is 1.35. The van der Waals surface area contributed by atoms with Gasteiger partial charge in [0.05, 0.1) is 0 Å². The predicted molar refractivity (Wildman–Crippen MR) is 32.6 cm³/mol. The molecule has 1 radical (unpaired) electrons. The third-order valence-corrected chi connectivity index (χ3v) is 2.45. The van der Waals surface area contributed by atoms with E-state index in [2.05, 4.69) is 6.92 Å². The molecule has 0 fully saturated rings. The molecule has 0 aromatic carbocycles. The standard InChI is InChI=1S/C3H7Cl2Si/c1-2-3-6(4)5/h2-3H2,1H3. The van der Waals surface area contributed by atoms with Crippen LogP contribution in [0.5, 0.6) is 0 Å². The second kappa shape index (κ2) is 3.97. The van der Waals surface area contributed by atoms with Crippen LogP contribution >= 0.6 is 22.2 Å². The zero-order valence-corrected chi connectivity index (χ0v) is 6.18. The highest BCUT2D eigenvalue weighted by Crippen LogP contribution is 2.04. The molecule has 3 heteroatoms. The molecule has 0 unspecified atom stereocenters. The van der Waals surface area contributed by atoms with Crippen molar-refractivity contribution in [2.24, 2.45) is 0 Å². The van der Waals surface area contributed by atoms with Gasteiger partial charge in [-0.25, -0.2) is 0 Å². The summed E-state index contributed by atoms with van der Waals surface area (Å²) in [7, 11) is -0.941. The summed E-state index contributed by atoms with van der Waals surface area (Å²) in [6.07, 6.45) is 1.11. The van der Waals surface area contributed by atoms with Crippen molar-refractivity contribution in [3.8, 4) is 0 Å². The molecule has 0 N–H and O–H groups in total. The molecule has 0 saturated heterocycles. The topological polar surface area (TPSA) is 0 Å². The van der Waals surface area contributed by atoms with Gasteiger partial charge in [-0.2, -0.15) is 0 Å². The van der Waals surface area contributed by atoms with Gasteiger partial charge in [0.2, 0.25) is 0 Å². The molecular formula is C3H7Cl2Si. The van der Waals surface area contributed by atoms with Gasteiger partial charge in [-0.05, 0) is 6.04 Å². The maximum absolute atomic E-state index is 5.45. The van der Waals surface area contributed by atoms with Crippen LogP contribution in [0.15, 0.2) is 0 Å². The van der Waals surface area contributed by atoms with Crippen molar-refractivity contribution >= 4 is 29.6 Å². The van der Waals surface area contributed by atoms with Crippen molar-refractivity contribution in [3.05, 3.63) is 0 Å². The van der Waals surface area contributed by atoms with Crippen molar-refractivity contribution < 1.29 is 0 Å².